The molecule has 1 aliphatic heterocycles. The normalized spacial score (nSPS) is 15.9. The standard InChI is InChI=1S/C22H24N2O2/c1-5-17-11-12-18-9-7-8-10-19(18)15-24(20(17)6-2)21(25)13-14-23-22(26)16(3)4/h5-10,16H,1-2,13-15H2,3-4H3,(H,23,26)/b20-17-. The van der Waals surface area contributed by atoms with Gasteiger partial charge in [0.15, 0.2) is 0 Å². The van der Waals surface area contributed by atoms with Crippen LogP contribution in [-0.2, 0) is 16.1 Å². The Labute approximate surface area is 155 Å². The Hall–Kier alpha value is -3.06. The molecule has 2 amide bonds. The van der Waals surface area contributed by atoms with Crippen molar-refractivity contribution in [3.8, 4) is 11.8 Å². The van der Waals surface area contributed by atoms with E-state index in [2.05, 4.69) is 30.3 Å². The molecule has 2 rings (SSSR count). The van der Waals surface area contributed by atoms with E-state index in [0.717, 1.165) is 11.1 Å². The number of hydrogen-bond acceptors (Lipinski definition) is 2. The summed E-state index contributed by atoms with van der Waals surface area (Å²) in [6.45, 7) is 12.0. The predicted molar refractivity (Wildman–Crippen MR) is 104 cm³/mol. The summed E-state index contributed by atoms with van der Waals surface area (Å²) < 4.78 is 0. The molecule has 0 fully saturated rings. The van der Waals surface area contributed by atoms with Crippen LogP contribution in [0, 0.1) is 17.8 Å². The Balaban J connectivity index is 2.29. The van der Waals surface area contributed by atoms with Gasteiger partial charge < -0.3 is 10.2 Å². The lowest BCUT2D eigenvalue weighted by Crippen LogP contribution is -2.35. The summed E-state index contributed by atoms with van der Waals surface area (Å²) in [4.78, 5) is 26.2. The number of carbonyl (C=O) groups is 2. The number of amides is 2. The largest absolute Gasteiger partial charge is 0.355 e. The molecule has 0 atom stereocenters. The van der Waals surface area contributed by atoms with Gasteiger partial charge in [0.05, 0.1) is 12.2 Å². The van der Waals surface area contributed by atoms with Crippen LogP contribution < -0.4 is 5.32 Å². The number of fused-ring (bicyclic) bond motifs is 1. The van der Waals surface area contributed by atoms with Crippen molar-refractivity contribution in [3.05, 3.63) is 72.0 Å². The Morgan fingerprint density at radius 2 is 1.96 bits per heavy atom. The summed E-state index contributed by atoms with van der Waals surface area (Å²) >= 11 is 0. The lowest BCUT2D eigenvalue weighted by Gasteiger charge is -2.26. The van der Waals surface area contributed by atoms with Gasteiger partial charge in [0, 0.05) is 30.0 Å². The van der Waals surface area contributed by atoms with E-state index in [9.17, 15) is 9.59 Å². The van der Waals surface area contributed by atoms with Gasteiger partial charge in [-0.05, 0) is 17.7 Å². The molecule has 26 heavy (non-hydrogen) atoms. The van der Waals surface area contributed by atoms with Crippen molar-refractivity contribution >= 4 is 11.8 Å². The van der Waals surface area contributed by atoms with Gasteiger partial charge in [0.2, 0.25) is 11.8 Å². The van der Waals surface area contributed by atoms with Gasteiger partial charge in [-0.15, -0.1) is 0 Å². The molecule has 0 saturated heterocycles. The van der Waals surface area contributed by atoms with E-state index >= 15 is 0 Å². The van der Waals surface area contributed by atoms with E-state index in [1.807, 2.05) is 38.1 Å². The molecule has 0 radical (unpaired) electrons. The first kappa shape index (κ1) is 19.3. The number of nitrogens with zero attached hydrogens (tertiary/aromatic N) is 1. The van der Waals surface area contributed by atoms with Gasteiger partial charge >= 0.3 is 0 Å². The van der Waals surface area contributed by atoms with E-state index < -0.39 is 0 Å². The molecule has 0 bridgehead atoms. The summed E-state index contributed by atoms with van der Waals surface area (Å²) in [5, 5.41) is 2.78. The molecule has 1 aromatic carbocycles. The second kappa shape index (κ2) is 8.87. The average molecular weight is 348 g/mol. The molecule has 1 heterocycles. The van der Waals surface area contributed by atoms with Crippen LogP contribution in [0.4, 0.5) is 0 Å². The minimum atomic E-state index is -0.107. The predicted octanol–water partition coefficient (Wildman–Crippen LogP) is 3.17. The van der Waals surface area contributed by atoms with Crippen molar-refractivity contribution in [1.82, 2.24) is 10.2 Å². The van der Waals surface area contributed by atoms with Crippen molar-refractivity contribution in [2.75, 3.05) is 6.54 Å². The summed E-state index contributed by atoms with van der Waals surface area (Å²) in [5.74, 6) is 5.95. The van der Waals surface area contributed by atoms with Gasteiger partial charge in [-0.1, -0.05) is 63.1 Å². The fourth-order valence-corrected chi connectivity index (χ4v) is 2.61. The third-order valence-electron chi connectivity index (χ3n) is 4.11. The van der Waals surface area contributed by atoms with Gasteiger partial charge in [-0.25, -0.2) is 0 Å². The van der Waals surface area contributed by atoms with Crippen LogP contribution in [0.25, 0.3) is 0 Å². The fraction of sp³-hybridized carbons (Fsp3) is 0.273. The molecule has 4 nitrogen and oxygen atoms in total. The topological polar surface area (TPSA) is 49.4 Å². The first-order chi connectivity index (χ1) is 12.5. The van der Waals surface area contributed by atoms with Crippen molar-refractivity contribution in [2.45, 2.75) is 26.8 Å². The van der Waals surface area contributed by atoms with Gasteiger partial charge in [-0.2, -0.15) is 0 Å². The number of rotatable bonds is 6. The van der Waals surface area contributed by atoms with Gasteiger partial charge in [0.25, 0.3) is 0 Å². The van der Waals surface area contributed by atoms with Crippen LogP contribution in [0.5, 0.6) is 0 Å². The maximum Gasteiger partial charge on any atom is 0.229 e. The molecule has 4 heteroatoms. The number of hydrogen-bond donors (Lipinski definition) is 1. The molecule has 1 N–H and O–H groups in total. The molecular formula is C22H24N2O2. The second-order valence-corrected chi connectivity index (χ2v) is 6.29. The summed E-state index contributed by atoms with van der Waals surface area (Å²) in [6.07, 6.45) is 3.47. The van der Waals surface area contributed by atoms with E-state index in [1.54, 1.807) is 17.1 Å². The highest BCUT2D eigenvalue weighted by Crippen LogP contribution is 2.22. The van der Waals surface area contributed by atoms with Crippen LogP contribution in [0.3, 0.4) is 0 Å². The summed E-state index contributed by atoms with van der Waals surface area (Å²) in [6, 6.07) is 7.76. The van der Waals surface area contributed by atoms with Crippen molar-refractivity contribution < 1.29 is 9.59 Å². The van der Waals surface area contributed by atoms with E-state index in [1.165, 1.54) is 0 Å². The van der Waals surface area contributed by atoms with Gasteiger partial charge in [-0.3, -0.25) is 9.59 Å². The highest BCUT2D eigenvalue weighted by molar-refractivity contribution is 5.82. The zero-order valence-electron chi connectivity index (χ0n) is 15.3. The monoisotopic (exact) mass is 348 g/mol. The Bertz CT molecular complexity index is 822. The van der Waals surface area contributed by atoms with Gasteiger partial charge in [0.1, 0.15) is 0 Å². The molecular weight excluding hydrogens is 324 g/mol. The third kappa shape index (κ3) is 4.52. The van der Waals surface area contributed by atoms with Crippen LogP contribution in [-0.4, -0.2) is 23.3 Å². The van der Waals surface area contributed by atoms with Crippen molar-refractivity contribution in [2.24, 2.45) is 5.92 Å². The minimum absolute atomic E-state index is 0.0621. The first-order valence-electron chi connectivity index (χ1n) is 8.65. The van der Waals surface area contributed by atoms with E-state index in [0.29, 0.717) is 24.4 Å². The Morgan fingerprint density at radius 3 is 2.62 bits per heavy atom. The minimum Gasteiger partial charge on any atom is -0.355 e. The number of nitrogens with one attached hydrogen (secondary N) is 1. The highest BCUT2D eigenvalue weighted by atomic mass is 16.2. The summed E-state index contributed by atoms with van der Waals surface area (Å²) in [5.41, 5.74) is 3.17. The average Bonchev–Trinajstić information content (AvgIpc) is 2.62. The third-order valence-corrected chi connectivity index (χ3v) is 4.11. The number of allylic oxidation sites excluding steroid dienone is 3. The Morgan fingerprint density at radius 1 is 1.23 bits per heavy atom. The molecule has 0 aromatic heterocycles. The zero-order chi connectivity index (χ0) is 19.1. The van der Waals surface area contributed by atoms with E-state index in [-0.39, 0.29) is 24.2 Å². The van der Waals surface area contributed by atoms with Crippen LogP contribution in [0.1, 0.15) is 31.4 Å². The second-order valence-electron chi connectivity index (χ2n) is 6.29. The Kier molecular flexibility index (Phi) is 6.57. The van der Waals surface area contributed by atoms with Crippen LogP contribution in [0.2, 0.25) is 0 Å². The lowest BCUT2D eigenvalue weighted by atomic mass is 10.0. The molecule has 1 aromatic rings. The van der Waals surface area contributed by atoms with Crippen LogP contribution in [0.15, 0.2) is 60.8 Å². The SMILES string of the molecule is C=C/C1=C(\C=C)N(C(=O)CCNC(=O)C(C)C)Cc2ccccc2C#C1. The molecule has 0 spiro atoms. The highest BCUT2D eigenvalue weighted by Gasteiger charge is 2.21. The maximum absolute atomic E-state index is 12.9. The van der Waals surface area contributed by atoms with Crippen LogP contribution >= 0.6 is 0 Å². The molecule has 134 valence electrons. The zero-order valence-corrected chi connectivity index (χ0v) is 15.3. The quantitative estimate of drug-likeness (QED) is 0.803. The fourth-order valence-electron chi connectivity index (χ4n) is 2.61. The smallest absolute Gasteiger partial charge is 0.229 e. The summed E-state index contributed by atoms with van der Waals surface area (Å²) in [7, 11) is 0. The first-order valence-corrected chi connectivity index (χ1v) is 8.65. The maximum atomic E-state index is 12.9. The number of benzene rings is 1. The molecule has 0 unspecified atom stereocenters. The number of carbonyl (C=O) groups excluding carboxylic acids is 2. The van der Waals surface area contributed by atoms with E-state index in [4.69, 9.17) is 0 Å². The molecule has 1 aliphatic rings. The van der Waals surface area contributed by atoms with Crippen molar-refractivity contribution in [3.63, 3.8) is 0 Å². The lowest BCUT2D eigenvalue weighted by molar-refractivity contribution is -0.129. The molecule has 0 aliphatic carbocycles. The molecule has 0 saturated carbocycles. The van der Waals surface area contributed by atoms with Crippen molar-refractivity contribution in [1.29, 1.82) is 0 Å².